The molecule has 0 spiro atoms. The van der Waals surface area contributed by atoms with Gasteiger partial charge in [-0.05, 0) is 31.3 Å². The maximum Gasteiger partial charge on any atom is 0.140 e. The molecule has 78 valence electrons. The van der Waals surface area contributed by atoms with E-state index >= 15 is 0 Å². The van der Waals surface area contributed by atoms with Crippen molar-refractivity contribution >= 4 is 0 Å². The highest BCUT2D eigenvalue weighted by atomic mass is 16.5. The lowest BCUT2D eigenvalue weighted by Gasteiger charge is -2.08. The second-order valence-corrected chi connectivity index (χ2v) is 4.42. The van der Waals surface area contributed by atoms with Crippen molar-refractivity contribution < 1.29 is 4.52 Å². The van der Waals surface area contributed by atoms with Crippen LogP contribution in [0, 0.1) is 5.92 Å². The van der Waals surface area contributed by atoms with E-state index in [1.165, 1.54) is 12.0 Å². The molecule has 0 aromatic carbocycles. The molecule has 1 atom stereocenters. The van der Waals surface area contributed by atoms with E-state index in [1.54, 1.807) is 0 Å². The fraction of sp³-hybridized carbons (Fsp3) is 0.727. The molecule has 0 amide bonds. The van der Waals surface area contributed by atoms with Crippen LogP contribution < -0.4 is 5.32 Å². The Morgan fingerprint density at radius 1 is 1.64 bits per heavy atom. The topological polar surface area (TPSA) is 38.1 Å². The van der Waals surface area contributed by atoms with Crippen LogP contribution in [0.25, 0.3) is 0 Å². The third-order valence-corrected chi connectivity index (χ3v) is 2.94. The van der Waals surface area contributed by atoms with Gasteiger partial charge < -0.3 is 9.84 Å². The summed E-state index contributed by atoms with van der Waals surface area (Å²) in [6.45, 7) is 6.64. The number of hydrogen-bond acceptors (Lipinski definition) is 3. The Balaban J connectivity index is 2.04. The summed E-state index contributed by atoms with van der Waals surface area (Å²) in [5, 5.41) is 7.26. The molecule has 1 unspecified atom stereocenters. The summed E-state index contributed by atoms with van der Waals surface area (Å²) in [6, 6.07) is 0. The highest BCUT2D eigenvalue weighted by Crippen LogP contribution is 2.23. The minimum atomic E-state index is 0.519. The predicted molar refractivity (Wildman–Crippen MR) is 55.3 cm³/mol. The monoisotopic (exact) mass is 194 g/mol. The summed E-state index contributed by atoms with van der Waals surface area (Å²) in [5.74, 6) is 2.35. The van der Waals surface area contributed by atoms with E-state index in [0.717, 1.165) is 31.2 Å². The van der Waals surface area contributed by atoms with E-state index in [0.29, 0.717) is 5.92 Å². The fourth-order valence-electron chi connectivity index (χ4n) is 2.05. The van der Waals surface area contributed by atoms with Gasteiger partial charge in [-0.1, -0.05) is 19.0 Å². The number of rotatable bonds is 3. The lowest BCUT2D eigenvalue weighted by Crippen LogP contribution is -2.11. The van der Waals surface area contributed by atoms with Crippen molar-refractivity contribution in [2.75, 3.05) is 13.1 Å². The lowest BCUT2D eigenvalue weighted by atomic mass is 9.97. The molecular weight excluding hydrogens is 176 g/mol. The van der Waals surface area contributed by atoms with E-state index in [9.17, 15) is 0 Å². The van der Waals surface area contributed by atoms with Gasteiger partial charge in [-0.25, -0.2) is 0 Å². The molecule has 2 rings (SSSR count). The van der Waals surface area contributed by atoms with Crippen LogP contribution in [0.5, 0.6) is 0 Å². The van der Waals surface area contributed by atoms with Gasteiger partial charge in [0.05, 0.1) is 6.20 Å². The second-order valence-electron chi connectivity index (χ2n) is 4.42. The zero-order valence-electron chi connectivity index (χ0n) is 8.92. The van der Waals surface area contributed by atoms with Gasteiger partial charge in [-0.15, -0.1) is 0 Å². The van der Waals surface area contributed by atoms with Crippen LogP contribution in [0.1, 0.15) is 37.5 Å². The molecule has 0 saturated carbocycles. The third kappa shape index (κ3) is 1.98. The molecule has 1 saturated heterocycles. The van der Waals surface area contributed by atoms with Crippen LogP contribution >= 0.6 is 0 Å². The molecule has 2 heterocycles. The maximum absolute atomic E-state index is 5.31. The Kier molecular flexibility index (Phi) is 2.87. The lowest BCUT2D eigenvalue weighted by molar-refractivity contribution is 0.361. The van der Waals surface area contributed by atoms with Crippen molar-refractivity contribution in [3.8, 4) is 0 Å². The quantitative estimate of drug-likeness (QED) is 0.799. The average Bonchev–Trinajstić information content (AvgIpc) is 2.75. The Morgan fingerprint density at radius 3 is 3.14 bits per heavy atom. The molecule has 1 N–H and O–H groups in total. The van der Waals surface area contributed by atoms with Crippen molar-refractivity contribution in [3.63, 3.8) is 0 Å². The minimum Gasteiger partial charge on any atom is -0.361 e. The summed E-state index contributed by atoms with van der Waals surface area (Å²) in [7, 11) is 0. The minimum absolute atomic E-state index is 0.519. The first-order chi connectivity index (χ1) is 6.77. The largest absolute Gasteiger partial charge is 0.361 e. The van der Waals surface area contributed by atoms with Gasteiger partial charge in [0, 0.05) is 12.0 Å². The highest BCUT2D eigenvalue weighted by molar-refractivity contribution is 5.18. The van der Waals surface area contributed by atoms with Crippen LogP contribution in [-0.2, 0) is 6.42 Å². The van der Waals surface area contributed by atoms with Crippen molar-refractivity contribution in [3.05, 3.63) is 17.5 Å². The molecule has 3 heteroatoms. The van der Waals surface area contributed by atoms with E-state index in [-0.39, 0.29) is 0 Å². The van der Waals surface area contributed by atoms with Crippen LogP contribution in [0.2, 0.25) is 0 Å². The van der Waals surface area contributed by atoms with E-state index in [2.05, 4.69) is 24.3 Å². The molecule has 0 bridgehead atoms. The van der Waals surface area contributed by atoms with E-state index < -0.39 is 0 Å². The van der Waals surface area contributed by atoms with Crippen molar-refractivity contribution in [1.29, 1.82) is 0 Å². The first-order valence-electron chi connectivity index (χ1n) is 5.41. The predicted octanol–water partition coefficient (Wildman–Crippen LogP) is 1.95. The van der Waals surface area contributed by atoms with Gasteiger partial charge in [-0.2, -0.15) is 0 Å². The fourth-order valence-corrected chi connectivity index (χ4v) is 2.05. The van der Waals surface area contributed by atoms with Gasteiger partial charge in [0.25, 0.3) is 0 Å². The Hall–Kier alpha value is -0.830. The summed E-state index contributed by atoms with van der Waals surface area (Å²) < 4.78 is 5.31. The zero-order valence-corrected chi connectivity index (χ0v) is 8.92. The van der Waals surface area contributed by atoms with Crippen LogP contribution in [0.4, 0.5) is 0 Å². The van der Waals surface area contributed by atoms with Gasteiger partial charge >= 0.3 is 0 Å². The summed E-state index contributed by atoms with van der Waals surface area (Å²) in [6.07, 6.45) is 4.17. The van der Waals surface area contributed by atoms with Crippen LogP contribution in [-0.4, -0.2) is 18.2 Å². The second kappa shape index (κ2) is 4.13. The summed E-state index contributed by atoms with van der Waals surface area (Å²) in [5.41, 5.74) is 1.27. The smallest absolute Gasteiger partial charge is 0.140 e. The number of nitrogens with zero attached hydrogens (tertiary/aromatic N) is 1. The molecule has 3 nitrogen and oxygen atoms in total. The Morgan fingerprint density at radius 2 is 2.50 bits per heavy atom. The van der Waals surface area contributed by atoms with Gasteiger partial charge in [-0.3, -0.25) is 0 Å². The summed E-state index contributed by atoms with van der Waals surface area (Å²) >= 11 is 0. The number of aromatic nitrogens is 1. The molecule has 1 aromatic heterocycles. The van der Waals surface area contributed by atoms with E-state index in [4.69, 9.17) is 4.52 Å². The van der Waals surface area contributed by atoms with Gasteiger partial charge in [0.2, 0.25) is 0 Å². The van der Waals surface area contributed by atoms with Crippen LogP contribution in [0.15, 0.2) is 10.7 Å². The van der Waals surface area contributed by atoms with Crippen molar-refractivity contribution in [2.24, 2.45) is 5.92 Å². The Labute approximate surface area is 84.9 Å². The molecule has 0 aliphatic carbocycles. The number of nitrogens with one attached hydrogen (secondary N) is 1. The third-order valence-electron chi connectivity index (χ3n) is 2.94. The zero-order chi connectivity index (χ0) is 9.97. The molecule has 1 aliphatic heterocycles. The van der Waals surface area contributed by atoms with Crippen molar-refractivity contribution in [1.82, 2.24) is 10.5 Å². The maximum atomic E-state index is 5.31. The first kappa shape index (κ1) is 9.71. The van der Waals surface area contributed by atoms with Crippen molar-refractivity contribution in [2.45, 2.75) is 32.6 Å². The van der Waals surface area contributed by atoms with Crippen LogP contribution in [0.3, 0.4) is 0 Å². The molecule has 1 fully saturated rings. The number of hydrogen-bond donors (Lipinski definition) is 1. The summed E-state index contributed by atoms with van der Waals surface area (Å²) in [4.78, 5) is 0. The standard InChI is InChI=1S/C11H18N2O/c1-8(2)10-7-13-14-11(10)5-9-3-4-12-6-9/h7-9,12H,3-6H2,1-2H3. The van der Waals surface area contributed by atoms with E-state index in [1.807, 2.05) is 6.20 Å². The SMILES string of the molecule is CC(C)c1cnoc1CC1CCNC1. The van der Waals surface area contributed by atoms with Gasteiger partial charge in [0.15, 0.2) is 0 Å². The molecule has 14 heavy (non-hydrogen) atoms. The highest BCUT2D eigenvalue weighted by Gasteiger charge is 2.20. The first-order valence-corrected chi connectivity index (χ1v) is 5.41. The average molecular weight is 194 g/mol. The molecule has 1 aliphatic rings. The van der Waals surface area contributed by atoms with Gasteiger partial charge in [0.1, 0.15) is 5.76 Å². The Bertz CT molecular complexity index is 287. The molecule has 0 radical (unpaired) electrons. The molecular formula is C11H18N2O. The molecule has 1 aromatic rings. The normalized spacial score (nSPS) is 22.1.